The van der Waals surface area contributed by atoms with Crippen LogP contribution in [0.5, 0.6) is 11.5 Å². The summed E-state index contributed by atoms with van der Waals surface area (Å²) in [5.74, 6) is 0.986. The summed E-state index contributed by atoms with van der Waals surface area (Å²) in [6.07, 6.45) is 3.82. The largest absolute Gasteiger partial charge is 0.487 e. The Morgan fingerprint density at radius 2 is 1.76 bits per heavy atom. The Morgan fingerprint density at radius 3 is 2.47 bits per heavy atom. The van der Waals surface area contributed by atoms with Crippen LogP contribution in [0.4, 0.5) is 5.69 Å². The maximum absolute atomic E-state index is 13.0. The molecule has 12 nitrogen and oxygen atoms in total. The highest BCUT2D eigenvalue weighted by Crippen LogP contribution is 2.36. The molecule has 0 aliphatic carbocycles. The fraction of sp³-hybridized carbons (Fsp3) is 0.257. The average molecular weight is 705 g/mol. The number of carbonyl (C=O) groups excluding carboxylic acids is 3. The third-order valence-electron chi connectivity index (χ3n) is 7.67. The number of hydrogen-bond acceptors (Lipinski definition) is 8. The zero-order chi connectivity index (χ0) is 35.1. The first-order chi connectivity index (χ1) is 23.5. The summed E-state index contributed by atoms with van der Waals surface area (Å²) in [4.78, 5) is 54.7. The number of nitrogens with one attached hydrogen (secondary N) is 3. The molecule has 0 saturated carbocycles. The second-order valence-corrected chi connectivity index (χ2v) is 12.0. The number of pyridine rings is 2. The summed E-state index contributed by atoms with van der Waals surface area (Å²) >= 11 is 13.3. The number of aromatic amines is 1. The number of benzene rings is 2. The van der Waals surface area contributed by atoms with E-state index in [-0.39, 0.29) is 48.0 Å². The van der Waals surface area contributed by atoms with Crippen molar-refractivity contribution in [1.29, 1.82) is 0 Å². The number of imidazole rings is 1. The Morgan fingerprint density at radius 1 is 0.959 bits per heavy atom. The van der Waals surface area contributed by atoms with Crippen LogP contribution in [0, 0.1) is 13.8 Å². The van der Waals surface area contributed by atoms with Gasteiger partial charge in [-0.25, -0.2) is 9.97 Å². The third-order valence-corrected chi connectivity index (χ3v) is 8.44. The quantitative estimate of drug-likeness (QED) is 0.145. The van der Waals surface area contributed by atoms with Gasteiger partial charge < -0.3 is 30.0 Å². The number of nitrogens with zero attached hydrogens (tertiary/aromatic N) is 4. The molecular weight excluding hydrogens is 669 g/mol. The van der Waals surface area contributed by atoms with Crippen molar-refractivity contribution in [2.75, 3.05) is 25.5 Å². The van der Waals surface area contributed by atoms with Crippen LogP contribution in [-0.2, 0) is 29.2 Å². The van der Waals surface area contributed by atoms with Gasteiger partial charge in [-0.2, -0.15) is 0 Å². The number of aromatic nitrogens is 4. The van der Waals surface area contributed by atoms with Crippen molar-refractivity contribution in [3.63, 3.8) is 0 Å². The van der Waals surface area contributed by atoms with E-state index in [1.54, 1.807) is 49.8 Å². The summed E-state index contributed by atoms with van der Waals surface area (Å²) in [7, 11) is 3.09. The zero-order valence-electron chi connectivity index (χ0n) is 27.4. The molecule has 0 radical (unpaired) electrons. The van der Waals surface area contributed by atoms with E-state index in [2.05, 4.69) is 25.6 Å². The van der Waals surface area contributed by atoms with Crippen LogP contribution in [-0.4, -0.2) is 58.3 Å². The van der Waals surface area contributed by atoms with E-state index in [4.69, 9.17) is 37.7 Å². The molecule has 0 bridgehead atoms. The van der Waals surface area contributed by atoms with Crippen LogP contribution in [0.1, 0.15) is 45.2 Å². The predicted octanol–water partition coefficient (Wildman–Crippen LogP) is 5.51. The normalized spacial score (nSPS) is 10.9. The van der Waals surface area contributed by atoms with Crippen LogP contribution in [0.2, 0.25) is 10.0 Å². The Kier molecular flexibility index (Phi) is 11.3. The topological polar surface area (TPSA) is 151 Å². The van der Waals surface area contributed by atoms with Crippen molar-refractivity contribution >= 4 is 57.5 Å². The lowest BCUT2D eigenvalue weighted by Crippen LogP contribution is -2.38. The Bertz CT molecular complexity index is 2000. The average Bonchev–Trinajstić information content (AvgIpc) is 3.52. The van der Waals surface area contributed by atoms with E-state index < -0.39 is 0 Å². The Balaban J connectivity index is 1.21. The number of aryl methyl sites for hydroxylation is 3. The van der Waals surface area contributed by atoms with Gasteiger partial charge in [0, 0.05) is 54.4 Å². The molecule has 3 N–H and O–H groups in total. The van der Waals surface area contributed by atoms with Gasteiger partial charge in [0.15, 0.2) is 0 Å². The number of anilines is 1. The molecule has 0 aliphatic rings. The summed E-state index contributed by atoms with van der Waals surface area (Å²) in [6, 6.07) is 14.0. The molecule has 0 unspecified atom stereocenters. The van der Waals surface area contributed by atoms with Gasteiger partial charge in [0.2, 0.25) is 11.8 Å². The Labute approximate surface area is 293 Å². The lowest BCUT2D eigenvalue weighted by molar-refractivity contribution is -0.124. The number of para-hydroxylation sites is 1. The standard InChI is InChI=1S/C35H35Cl2N7O5/c1-20-14-30(48-18-23-16-39-21(2)43-23)24-6-5-7-29(34(24)42-20)49-19-25-26(36)10-12-28(33(25)37)44(4)32(46)17-41-31(45)13-9-22-8-11-27(40-15-22)35(47)38-3/h5-8,10-12,14-16H,9,13,17-19H2,1-4H3,(H,38,47)(H,39,43)(H,41,45). The van der Waals surface area contributed by atoms with E-state index >= 15 is 0 Å². The molecule has 3 amide bonds. The van der Waals surface area contributed by atoms with Crippen LogP contribution in [0.15, 0.2) is 60.9 Å². The first-order valence-corrected chi connectivity index (χ1v) is 16.1. The molecule has 0 fully saturated rings. The van der Waals surface area contributed by atoms with Crippen molar-refractivity contribution in [2.45, 2.75) is 39.9 Å². The first-order valence-electron chi connectivity index (χ1n) is 15.4. The van der Waals surface area contributed by atoms with Gasteiger partial charge >= 0.3 is 0 Å². The molecule has 0 saturated heterocycles. The zero-order valence-corrected chi connectivity index (χ0v) is 28.9. The van der Waals surface area contributed by atoms with E-state index in [0.29, 0.717) is 46.3 Å². The monoisotopic (exact) mass is 703 g/mol. The van der Waals surface area contributed by atoms with E-state index in [9.17, 15) is 14.4 Å². The summed E-state index contributed by atoms with van der Waals surface area (Å²) in [5.41, 5.74) is 4.18. The first kappa shape index (κ1) is 35.1. The number of halogens is 2. The van der Waals surface area contributed by atoms with Gasteiger partial charge in [0.1, 0.15) is 41.7 Å². The number of carbonyl (C=O) groups is 3. The lowest BCUT2D eigenvalue weighted by atomic mass is 10.1. The fourth-order valence-electron chi connectivity index (χ4n) is 4.98. The lowest BCUT2D eigenvalue weighted by Gasteiger charge is -2.21. The molecule has 49 heavy (non-hydrogen) atoms. The molecule has 5 aromatic rings. The molecule has 3 aromatic heterocycles. The van der Waals surface area contributed by atoms with E-state index in [1.165, 1.54) is 11.9 Å². The molecule has 0 aliphatic heterocycles. The molecule has 2 aromatic carbocycles. The number of rotatable bonds is 13. The highest BCUT2D eigenvalue weighted by atomic mass is 35.5. The molecule has 3 heterocycles. The van der Waals surface area contributed by atoms with Gasteiger partial charge in [-0.05, 0) is 56.2 Å². The highest BCUT2D eigenvalue weighted by Gasteiger charge is 2.20. The third kappa shape index (κ3) is 8.64. The van der Waals surface area contributed by atoms with Crippen LogP contribution >= 0.6 is 23.2 Å². The van der Waals surface area contributed by atoms with Crippen molar-refractivity contribution in [3.8, 4) is 11.5 Å². The van der Waals surface area contributed by atoms with Crippen molar-refractivity contribution in [2.24, 2.45) is 0 Å². The number of H-pyrrole nitrogens is 1. The predicted molar refractivity (Wildman–Crippen MR) is 187 cm³/mol. The van der Waals surface area contributed by atoms with Crippen LogP contribution in [0.25, 0.3) is 10.9 Å². The molecule has 0 spiro atoms. The second kappa shape index (κ2) is 15.8. The summed E-state index contributed by atoms with van der Waals surface area (Å²) < 4.78 is 12.3. The second-order valence-electron chi connectivity index (χ2n) is 11.2. The van der Waals surface area contributed by atoms with Crippen LogP contribution in [0.3, 0.4) is 0 Å². The van der Waals surface area contributed by atoms with Crippen molar-refractivity contribution in [3.05, 3.63) is 105 Å². The van der Waals surface area contributed by atoms with E-state index in [0.717, 1.165) is 28.2 Å². The van der Waals surface area contributed by atoms with Gasteiger partial charge in [0.05, 0.1) is 29.1 Å². The summed E-state index contributed by atoms with van der Waals surface area (Å²) in [5, 5.41) is 6.53. The smallest absolute Gasteiger partial charge is 0.269 e. The minimum Gasteiger partial charge on any atom is -0.487 e. The SMILES string of the molecule is CNC(=O)c1ccc(CCC(=O)NCC(=O)N(C)c2ccc(Cl)c(COc3cccc4c(OCc5cnc(C)[nH]5)cc(C)nc34)c2Cl)cn1. The highest BCUT2D eigenvalue weighted by molar-refractivity contribution is 6.38. The molecule has 0 atom stereocenters. The maximum Gasteiger partial charge on any atom is 0.269 e. The fourth-order valence-corrected chi connectivity index (χ4v) is 5.59. The number of hydrogen-bond donors (Lipinski definition) is 3. The summed E-state index contributed by atoms with van der Waals surface area (Å²) in [6.45, 7) is 3.83. The van der Waals surface area contributed by atoms with Gasteiger partial charge in [-0.1, -0.05) is 35.3 Å². The number of fused-ring (bicyclic) bond motifs is 1. The van der Waals surface area contributed by atoms with E-state index in [1.807, 2.05) is 32.0 Å². The minimum absolute atomic E-state index is 0.00156. The van der Waals surface area contributed by atoms with Gasteiger partial charge in [0.25, 0.3) is 5.91 Å². The van der Waals surface area contributed by atoms with Crippen LogP contribution < -0.4 is 25.0 Å². The van der Waals surface area contributed by atoms with Gasteiger partial charge in [-0.3, -0.25) is 19.4 Å². The number of ether oxygens (including phenoxy) is 2. The number of amides is 3. The molecule has 254 valence electrons. The number of likely N-dealkylation sites (N-methyl/N-ethyl adjacent to an activating group) is 1. The van der Waals surface area contributed by atoms with Crippen molar-refractivity contribution in [1.82, 2.24) is 30.6 Å². The minimum atomic E-state index is -0.382. The Hall–Kier alpha value is -5.20. The van der Waals surface area contributed by atoms with Crippen molar-refractivity contribution < 1.29 is 23.9 Å². The van der Waals surface area contributed by atoms with Gasteiger partial charge in [-0.15, -0.1) is 0 Å². The molecule has 5 rings (SSSR count). The molecule has 14 heteroatoms. The molecular formula is C35H35Cl2N7O5. The maximum atomic E-state index is 13.0.